The lowest BCUT2D eigenvalue weighted by molar-refractivity contribution is -0.121. The van der Waals surface area contributed by atoms with Crippen LogP contribution in [0.1, 0.15) is 24.8 Å². The van der Waals surface area contributed by atoms with Crippen molar-refractivity contribution in [1.82, 2.24) is 16.0 Å². The van der Waals surface area contributed by atoms with E-state index in [2.05, 4.69) is 16.0 Å². The molecule has 3 amide bonds. The number of urea groups is 1. The third kappa shape index (κ3) is 6.13. The molecule has 0 spiro atoms. The van der Waals surface area contributed by atoms with Crippen molar-refractivity contribution < 1.29 is 14.3 Å². The summed E-state index contributed by atoms with van der Waals surface area (Å²) in [4.78, 5) is 23.2. The van der Waals surface area contributed by atoms with E-state index in [-0.39, 0.29) is 24.5 Å². The van der Waals surface area contributed by atoms with Gasteiger partial charge in [0.1, 0.15) is 0 Å². The quantitative estimate of drug-likeness (QED) is 0.707. The Labute approximate surface area is 130 Å². The predicted molar refractivity (Wildman–Crippen MR) is 83.3 cm³/mol. The number of hydrogen-bond donors (Lipinski definition) is 3. The van der Waals surface area contributed by atoms with Crippen molar-refractivity contribution in [3.05, 3.63) is 35.9 Å². The number of rotatable bonds is 7. The Balaban J connectivity index is 1.51. The van der Waals surface area contributed by atoms with Gasteiger partial charge in [-0.25, -0.2) is 4.79 Å². The Morgan fingerprint density at radius 2 is 1.95 bits per heavy atom. The number of amides is 3. The molecule has 1 fully saturated rings. The Bertz CT molecular complexity index is 473. The minimum Gasteiger partial charge on any atom is -0.376 e. The van der Waals surface area contributed by atoms with Crippen LogP contribution in [-0.2, 0) is 16.1 Å². The van der Waals surface area contributed by atoms with E-state index >= 15 is 0 Å². The fourth-order valence-electron chi connectivity index (χ4n) is 2.25. The van der Waals surface area contributed by atoms with Crippen molar-refractivity contribution in [2.45, 2.75) is 31.9 Å². The maximum atomic E-state index is 11.7. The standard InChI is InChI=1S/C16H23N3O3/c20-15(18-11-13-5-2-1-3-6-13)8-9-17-16(21)19-12-14-7-4-10-22-14/h1-3,5-6,14H,4,7-12H2,(H,18,20)(H2,17,19,21)/t14-/m0/s1. The van der Waals surface area contributed by atoms with Crippen LogP contribution in [0.4, 0.5) is 4.79 Å². The van der Waals surface area contributed by atoms with Crippen LogP contribution in [-0.4, -0.2) is 37.7 Å². The Morgan fingerprint density at radius 3 is 2.68 bits per heavy atom. The third-order valence-corrected chi connectivity index (χ3v) is 3.48. The Hall–Kier alpha value is -2.08. The lowest BCUT2D eigenvalue weighted by atomic mass is 10.2. The van der Waals surface area contributed by atoms with E-state index in [1.54, 1.807) is 0 Å². The van der Waals surface area contributed by atoms with Gasteiger partial charge < -0.3 is 20.7 Å². The number of benzene rings is 1. The molecule has 0 aliphatic carbocycles. The average Bonchev–Trinajstić information content (AvgIpc) is 3.05. The summed E-state index contributed by atoms with van der Waals surface area (Å²) in [6.45, 7) is 2.12. The zero-order valence-electron chi connectivity index (χ0n) is 12.6. The van der Waals surface area contributed by atoms with Crippen LogP contribution >= 0.6 is 0 Å². The maximum absolute atomic E-state index is 11.7. The van der Waals surface area contributed by atoms with Crippen LogP contribution < -0.4 is 16.0 Å². The molecule has 120 valence electrons. The molecule has 0 bridgehead atoms. The number of nitrogens with one attached hydrogen (secondary N) is 3. The molecule has 6 heteroatoms. The van der Waals surface area contributed by atoms with Crippen molar-refractivity contribution in [3.8, 4) is 0 Å². The topological polar surface area (TPSA) is 79.5 Å². The van der Waals surface area contributed by atoms with Crippen molar-refractivity contribution in [2.75, 3.05) is 19.7 Å². The number of carbonyl (C=O) groups is 2. The number of carbonyl (C=O) groups excluding carboxylic acids is 2. The van der Waals surface area contributed by atoms with E-state index < -0.39 is 0 Å². The van der Waals surface area contributed by atoms with Gasteiger partial charge in [-0.05, 0) is 18.4 Å². The summed E-state index contributed by atoms with van der Waals surface area (Å²) in [6, 6.07) is 9.45. The van der Waals surface area contributed by atoms with E-state index in [1.807, 2.05) is 30.3 Å². The Kier molecular flexibility index (Phi) is 6.70. The predicted octanol–water partition coefficient (Wildman–Crippen LogP) is 1.17. The van der Waals surface area contributed by atoms with Crippen molar-refractivity contribution >= 4 is 11.9 Å². The van der Waals surface area contributed by atoms with E-state index in [0.29, 0.717) is 19.6 Å². The van der Waals surface area contributed by atoms with Gasteiger partial charge in [0.15, 0.2) is 0 Å². The van der Waals surface area contributed by atoms with Crippen LogP contribution in [0, 0.1) is 0 Å². The molecule has 1 atom stereocenters. The molecule has 0 unspecified atom stereocenters. The monoisotopic (exact) mass is 305 g/mol. The summed E-state index contributed by atoms with van der Waals surface area (Å²) in [7, 11) is 0. The second-order valence-electron chi connectivity index (χ2n) is 5.28. The lowest BCUT2D eigenvalue weighted by Gasteiger charge is -2.11. The van der Waals surface area contributed by atoms with Crippen LogP contribution in [0.25, 0.3) is 0 Å². The molecule has 1 aromatic carbocycles. The zero-order chi connectivity index (χ0) is 15.6. The second-order valence-corrected chi connectivity index (χ2v) is 5.28. The first-order chi connectivity index (χ1) is 10.7. The molecule has 3 N–H and O–H groups in total. The van der Waals surface area contributed by atoms with Gasteiger partial charge in [0.2, 0.25) is 5.91 Å². The van der Waals surface area contributed by atoms with Gasteiger partial charge in [0.25, 0.3) is 0 Å². The molecule has 1 aliphatic rings. The smallest absolute Gasteiger partial charge is 0.314 e. The summed E-state index contributed by atoms with van der Waals surface area (Å²) < 4.78 is 5.41. The first-order valence-corrected chi connectivity index (χ1v) is 7.68. The zero-order valence-corrected chi connectivity index (χ0v) is 12.6. The molecule has 1 aliphatic heterocycles. The van der Waals surface area contributed by atoms with Crippen molar-refractivity contribution in [2.24, 2.45) is 0 Å². The highest BCUT2D eigenvalue weighted by atomic mass is 16.5. The SMILES string of the molecule is O=C(CCNC(=O)NC[C@@H]1CCCO1)NCc1ccccc1. The van der Waals surface area contributed by atoms with Crippen LogP contribution in [0.2, 0.25) is 0 Å². The van der Waals surface area contributed by atoms with Gasteiger partial charge >= 0.3 is 6.03 Å². The number of ether oxygens (including phenoxy) is 1. The van der Waals surface area contributed by atoms with E-state index in [4.69, 9.17) is 4.74 Å². The normalized spacial score (nSPS) is 17.0. The molecule has 0 radical (unpaired) electrons. The van der Waals surface area contributed by atoms with E-state index in [1.165, 1.54) is 0 Å². The fraction of sp³-hybridized carbons (Fsp3) is 0.500. The fourth-order valence-corrected chi connectivity index (χ4v) is 2.25. The molecule has 0 aromatic heterocycles. The highest BCUT2D eigenvalue weighted by molar-refractivity contribution is 5.78. The van der Waals surface area contributed by atoms with E-state index in [9.17, 15) is 9.59 Å². The molecule has 1 saturated heterocycles. The molecule has 2 rings (SSSR count). The first-order valence-electron chi connectivity index (χ1n) is 7.68. The molecule has 1 aromatic rings. The highest BCUT2D eigenvalue weighted by Gasteiger charge is 2.15. The van der Waals surface area contributed by atoms with Gasteiger partial charge in [0, 0.05) is 32.7 Å². The maximum Gasteiger partial charge on any atom is 0.314 e. The highest BCUT2D eigenvalue weighted by Crippen LogP contribution is 2.10. The molecule has 0 saturated carbocycles. The summed E-state index contributed by atoms with van der Waals surface area (Å²) in [5.41, 5.74) is 1.05. The second kappa shape index (κ2) is 9.04. The Morgan fingerprint density at radius 1 is 1.14 bits per heavy atom. The molecule has 6 nitrogen and oxygen atoms in total. The largest absolute Gasteiger partial charge is 0.376 e. The number of hydrogen-bond acceptors (Lipinski definition) is 3. The molecule has 22 heavy (non-hydrogen) atoms. The minimum absolute atomic E-state index is 0.0803. The van der Waals surface area contributed by atoms with Gasteiger partial charge in [-0.2, -0.15) is 0 Å². The molecule has 1 heterocycles. The summed E-state index contributed by atoms with van der Waals surface area (Å²) >= 11 is 0. The summed E-state index contributed by atoms with van der Waals surface area (Å²) in [5, 5.41) is 8.24. The van der Waals surface area contributed by atoms with Crippen LogP contribution in [0.15, 0.2) is 30.3 Å². The minimum atomic E-state index is -0.258. The molecular weight excluding hydrogens is 282 g/mol. The first kappa shape index (κ1) is 16.3. The van der Waals surface area contributed by atoms with Crippen LogP contribution in [0.5, 0.6) is 0 Å². The van der Waals surface area contributed by atoms with E-state index in [0.717, 1.165) is 25.0 Å². The van der Waals surface area contributed by atoms with Gasteiger partial charge in [-0.15, -0.1) is 0 Å². The van der Waals surface area contributed by atoms with Gasteiger partial charge in [-0.1, -0.05) is 30.3 Å². The van der Waals surface area contributed by atoms with Gasteiger partial charge in [0.05, 0.1) is 6.10 Å². The van der Waals surface area contributed by atoms with Gasteiger partial charge in [-0.3, -0.25) is 4.79 Å². The third-order valence-electron chi connectivity index (χ3n) is 3.48. The molecular formula is C16H23N3O3. The van der Waals surface area contributed by atoms with Crippen molar-refractivity contribution in [1.29, 1.82) is 0 Å². The van der Waals surface area contributed by atoms with Crippen molar-refractivity contribution in [3.63, 3.8) is 0 Å². The lowest BCUT2D eigenvalue weighted by Crippen LogP contribution is -2.41. The summed E-state index contributed by atoms with van der Waals surface area (Å²) in [5.74, 6) is -0.0803. The summed E-state index contributed by atoms with van der Waals surface area (Å²) in [6.07, 6.45) is 2.43. The van der Waals surface area contributed by atoms with Crippen LogP contribution in [0.3, 0.4) is 0 Å². The average molecular weight is 305 g/mol.